The Labute approximate surface area is 121 Å². The molecule has 0 aromatic carbocycles. The summed E-state index contributed by atoms with van der Waals surface area (Å²) < 4.78 is 1.19. The van der Waals surface area contributed by atoms with E-state index in [9.17, 15) is 14.4 Å². The Hall–Kier alpha value is -2.45. The molecule has 1 aromatic heterocycles. The minimum atomic E-state index is -1.21. The smallest absolute Gasteiger partial charge is 0.358 e. The monoisotopic (exact) mass is 297 g/mol. The van der Waals surface area contributed by atoms with Crippen molar-refractivity contribution in [3.63, 3.8) is 0 Å². The normalized spacial score (nSPS) is 11.0. The summed E-state index contributed by atoms with van der Waals surface area (Å²) in [5.41, 5.74) is -0.447. The van der Waals surface area contributed by atoms with Crippen LogP contribution in [-0.4, -0.2) is 44.6 Å². The number of carboxylic acids is 1. The average Bonchev–Trinajstić information content (AvgIpc) is 2.72. The van der Waals surface area contributed by atoms with Gasteiger partial charge in [-0.2, -0.15) is 0 Å². The molecule has 9 nitrogen and oxygen atoms in total. The van der Waals surface area contributed by atoms with E-state index in [0.717, 1.165) is 0 Å². The third kappa shape index (κ3) is 4.26. The number of nitrogens with zero attached hydrogens (tertiary/aromatic N) is 3. The second kappa shape index (κ2) is 6.33. The molecule has 0 radical (unpaired) electrons. The summed E-state index contributed by atoms with van der Waals surface area (Å²) in [4.78, 5) is 34.2. The molecule has 0 fully saturated rings. The molecule has 1 heterocycles. The van der Waals surface area contributed by atoms with E-state index in [1.807, 2.05) is 0 Å². The molecule has 0 bridgehead atoms. The molecule has 0 atom stereocenters. The highest BCUT2D eigenvalue weighted by Crippen LogP contribution is 2.24. The van der Waals surface area contributed by atoms with Crippen LogP contribution in [0, 0.1) is 0 Å². The van der Waals surface area contributed by atoms with Crippen LogP contribution >= 0.6 is 0 Å². The van der Waals surface area contributed by atoms with Crippen molar-refractivity contribution < 1.29 is 19.5 Å². The molecule has 21 heavy (non-hydrogen) atoms. The summed E-state index contributed by atoms with van der Waals surface area (Å²) in [5.74, 6) is -1.82. The maximum atomic E-state index is 11.7. The number of rotatable bonds is 4. The Morgan fingerprint density at radius 2 is 1.90 bits per heavy atom. The Kier molecular flexibility index (Phi) is 5.01. The lowest BCUT2D eigenvalue weighted by molar-refractivity contribution is -0.120. The van der Waals surface area contributed by atoms with Crippen LogP contribution in [0.4, 0.5) is 4.79 Å². The van der Waals surface area contributed by atoms with Crippen molar-refractivity contribution >= 4 is 17.9 Å². The second-order valence-corrected chi connectivity index (χ2v) is 5.41. The van der Waals surface area contributed by atoms with Crippen LogP contribution in [0.25, 0.3) is 0 Å². The van der Waals surface area contributed by atoms with Gasteiger partial charge in [-0.1, -0.05) is 26.0 Å². The van der Waals surface area contributed by atoms with Crippen LogP contribution in [0.5, 0.6) is 0 Å². The van der Waals surface area contributed by atoms with Crippen LogP contribution in [0.15, 0.2) is 0 Å². The number of nitrogens with one attached hydrogen (secondary N) is 2. The zero-order valence-corrected chi connectivity index (χ0v) is 12.4. The summed E-state index contributed by atoms with van der Waals surface area (Å²) >= 11 is 0. The van der Waals surface area contributed by atoms with E-state index in [-0.39, 0.29) is 12.2 Å². The molecule has 3 amide bonds. The van der Waals surface area contributed by atoms with Crippen molar-refractivity contribution in [2.24, 2.45) is 0 Å². The Morgan fingerprint density at radius 1 is 1.29 bits per heavy atom. The van der Waals surface area contributed by atoms with E-state index < -0.39 is 23.3 Å². The topological polar surface area (TPSA) is 126 Å². The molecule has 0 saturated carbocycles. The first kappa shape index (κ1) is 16.6. The molecule has 116 valence electrons. The van der Waals surface area contributed by atoms with Gasteiger partial charge in [0.05, 0.1) is 5.69 Å². The summed E-state index contributed by atoms with van der Waals surface area (Å²) in [6.45, 7) is 7.18. The number of carbonyl (C=O) groups excluding carboxylic acids is 2. The van der Waals surface area contributed by atoms with Gasteiger partial charge in [-0.25, -0.2) is 14.3 Å². The lowest BCUT2D eigenvalue weighted by atomic mass is 9.90. The molecule has 1 rings (SSSR count). The molecule has 0 aliphatic heterocycles. The van der Waals surface area contributed by atoms with Gasteiger partial charge >= 0.3 is 12.0 Å². The fourth-order valence-electron chi connectivity index (χ4n) is 1.82. The van der Waals surface area contributed by atoms with E-state index in [2.05, 4.69) is 20.9 Å². The first-order valence-corrected chi connectivity index (χ1v) is 6.41. The number of amides is 3. The number of carboxylic acid groups (broad SMARTS) is 1. The van der Waals surface area contributed by atoms with Crippen molar-refractivity contribution in [2.75, 3.05) is 6.54 Å². The van der Waals surface area contributed by atoms with Crippen molar-refractivity contribution in [3.8, 4) is 0 Å². The number of hydrogen-bond donors (Lipinski definition) is 3. The number of hydrogen-bond acceptors (Lipinski definition) is 5. The maximum absolute atomic E-state index is 11.7. The molecule has 0 spiro atoms. The van der Waals surface area contributed by atoms with E-state index in [1.165, 1.54) is 4.68 Å². The first-order chi connectivity index (χ1) is 9.66. The summed E-state index contributed by atoms with van der Waals surface area (Å²) in [5, 5.41) is 20.9. The maximum Gasteiger partial charge on any atom is 0.358 e. The lowest BCUT2D eigenvalue weighted by Gasteiger charge is -2.20. The van der Waals surface area contributed by atoms with Gasteiger partial charge in [-0.05, 0) is 6.92 Å². The Morgan fingerprint density at radius 3 is 2.38 bits per heavy atom. The number of urea groups is 1. The predicted octanol–water partition coefficient (Wildman–Crippen LogP) is 0.120. The van der Waals surface area contributed by atoms with E-state index in [1.54, 1.807) is 27.7 Å². The highest BCUT2D eigenvalue weighted by molar-refractivity contribution is 5.94. The minimum Gasteiger partial charge on any atom is -0.476 e. The first-order valence-electron chi connectivity index (χ1n) is 6.41. The molecule has 0 aliphatic carbocycles. The van der Waals surface area contributed by atoms with Gasteiger partial charge in [0.1, 0.15) is 6.54 Å². The Balaban J connectivity index is 2.97. The van der Waals surface area contributed by atoms with Gasteiger partial charge < -0.3 is 10.4 Å². The van der Waals surface area contributed by atoms with Gasteiger partial charge in [0.15, 0.2) is 5.69 Å². The highest BCUT2D eigenvalue weighted by Gasteiger charge is 2.29. The zero-order valence-electron chi connectivity index (χ0n) is 12.4. The van der Waals surface area contributed by atoms with Crippen LogP contribution in [0.2, 0.25) is 0 Å². The van der Waals surface area contributed by atoms with Crippen LogP contribution in [0.1, 0.15) is 43.9 Å². The fraction of sp³-hybridized carbons (Fsp3) is 0.583. The van der Waals surface area contributed by atoms with E-state index in [4.69, 9.17) is 5.11 Å². The molecule has 0 aliphatic rings. The Bertz CT molecular complexity index is 558. The van der Waals surface area contributed by atoms with Gasteiger partial charge in [-0.15, -0.1) is 5.10 Å². The highest BCUT2D eigenvalue weighted by atomic mass is 16.4. The number of aromatic carboxylic acids is 1. The molecule has 0 saturated heterocycles. The SMILES string of the molecule is CCNC(=O)NC(=O)Cn1nnc(C(=O)O)c1C(C)(C)C. The number of imide groups is 1. The van der Waals surface area contributed by atoms with Crippen molar-refractivity contribution in [1.29, 1.82) is 0 Å². The van der Waals surface area contributed by atoms with Gasteiger partial charge in [0.25, 0.3) is 0 Å². The standard InChI is InChI=1S/C12H19N5O4/c1-5-13-11(21)14-7(18)6-17-9(12(2,3)4)8(10(19)20)15-16-17/h5-6H2,1-4H3,(H,19,20)(H2,13,14,18,21). The number of carbonyl (C=O) groups is 3. The fourth-order valence-corrected chi connectivity index (χ4v) is 1.82. The van der Waals surface area contributed by atoms with Gasteiger partial charge in [0, 0.05) is 12.0 Å². The molecule has 0 unspecified atom stereocenters. The van der Waals surface area contributed by atoms with Crippen molar-refractivity contribution in [1.82, 2.24) is 25.6 Å². The second-order valence-electron chi connectivity index (χ2n) is 5.41. The van der Waals surface area contributed by atoms with Crippen LogP contribution in [-0.2, 0) is 16.8 Å². The molecular formula is C12H19N5O4. The van der Waals surface area contributed by atoms with E-state index >= 15 is 0 Å². The zero-order chi connectivity index (χ0) is 16.2. The van der Waals surface area contributed by atoms with Gasteiger partial charge in [0.2, 0.25) is 5.91 Å². The molecule has 9 heteroatoms. The third-order valence-electron chi connectivity index (χ3n) is 2.53. The van der Waals surface area contributed by atoms with Crippen molar-refractivity contribution in [3.05, 3.63) is 11.4 Å². The largest absolute Gasteiger partial charge is 0.476 e. The summed E-state index contributed by atoms with van der Waals surface area (Å²) in [6.07, 6.45) is 0. The predicted molar refractivity (Wildman–Crippen MR) is 72.9 cm³/mol. The van der Waals surface area contributed by atoms with Crippen LogP contribution in [0.3, 0.4) is 0 Å². The third-order valence-corrected chi connectivity index (χ3v) is 2.53. The van der Waals surface area contributed by atoms with Crippen molar-refractivity contribution in [2.45, 2.75) is 39.7 Å². The van der Waals surface area contributed by atoms with Crippen LogP contribution < -0.4 is 10.6 Å². The quantitative estimate of drug-likeness (QED) is 0.724. The average molecular weight is 297 g/mol. The summed E-state index contributed by atoms with van der Waals surface area (Å²) in [7, 11) is 0. The minimum absolute atomic E-state index is 0.201. The van der Waals surface area contributed by atoms with Gasteiger partial charge in [-0.3, -0.25) is 10.1 Å². The number of aromatic nitrogens is 3. The molecule has 1 aromatic rings. The lowest BCUT2D eigenvalue weighted by Crippen LogP contribution is -2.41. The molecular weight excluding hydrogens is 278 g/mol. The van der Waals surface area contributed by atoms with E-state index in [0.29, 0.717) is 12.2 Å². The summed E-state index contributed by atoms with van der Waals surface area (Å²) in [6, 6.07) is -0.613. The molecule has 3 N–H and O–H groups in total.